The maximum absolute atomic E-state index is 3.39. The van der Waals surface area contributed by atoms with Crippen molar-refractivity contribution in [2.75, 3.05) is 0 Å². The highest BCUT2D eigenvalue weighted by Gasteiger charge is 2.07. The molecule has 0 aliphatic rings. The van der Waals surface area contributed by atoms with Crippen LogP contribution in [0, 0.1) is 11.5 Å². The van der Waals surface area contributed by atoms with Crippen molar-refractivity contribution in [3.63, 3.8) is 0 Å². The Labute approximate surface area is 94.7 Å². The van der Waals surface area contributed by atoms with Gasteiger partial charge in [0.25, 0.3) is 0 Å². The van der Waals surface area contributed by atoms with Gasteiger partial charge in [0.1, 0.15) is 8.07 Å². The van der Waals surface area contributed by atoms with Crippen molar-refractivity contribution in [3.05, 3.63) is 35.4 Å². The summed E-state index contributed by atoms with van der Waals surface area (Å²) >= 11 is 0. The molecule has 1 heteroatoms. The van der Waals surface area contributed by atoms with Crippen molar-refractivity contribution in [1.29, 1.82) is 0 Å². The van der Waals surface area contributed by atoms with Crippen LogP contribution in [0.5, 0.6) is 0 Å². The molecule has 0 nitrogen and oxygen atoms in total. The van der Waals surface area contributed by atoms with Crippen LogP contribution in [0.1, 0.15) is 30.9 Å². The third-order valence-corrected chi connectivity index (χ3v) is 3.01. The summed E-state index contributed by atoms with van der Waals surface area (Å²) in [5.74, 6) is 3.87. The van der Waals surface area contributed by atoms with E-state index in [2.05, 4.69) is 69.2 Å². The lowest BCUT2D eigenvalue weighted by atomic mass is 10.0. The Morgan fingerprint density at radius 3 is 2.33 bits per heavy atom. The van der Waals surface area contributed by atoms with E-state index in [1.165, 1.54) is 5.56 Å². The summed E-state index contributed by atoms with van der Waals surface area (Å²) in [6.45, 7) is 11.2. The predicted molar refractivity (Wildman–Crippen MR) is 70.8 cm³/mol. The summed E-state index contributed by atoms with van der Waals surface area (Å²) in [4.78, 5) is 0. The van der Waals surface area contributed by atoms with Crippen molar-refractivity contribution in [3.8, 4) is 11.5 Å². The molecule has 1 aromatic carbocycles. The van der Waals surface area contributed by atoms with E-state index in [9.17, 15) is 0 Å². The monoisotopic (exact) mass is 216 g/mol. The summed E-state index contributed by atoms with van der Waals surface area (Å²) in [5.41, 5.74) is 5.92. The van der Waals surface area contributed by atoms with E-state index in [0.717, 1.165) is 5.56 Å². The van der Waals surface area contributed by atoms with Gasteiger partial charge >= 0.3 is 0 Å². The van der Waals surface area contributed by atoms with Gasteiger partial charge in [-0.2, -0.15) is 0 Å². The van der Waals surface area contributed by atoms with Gasteiger partial charge in [0.05, 0.1) is 0 Å². The van der Waals surface area contributed by atoms with E-state index in [1.54, 1.807) is 0 Å². The first-order valence-corrected chi connectivity index (χ1v) is 9.01. The minimum Gasteiger partial charge on any atom is -0.127 e. The molecule has 0 aromatic heterocycles. The van der Waals surface area contributed by atoms with E-state index >= 15 is 0 Å². The van der Waals surface area contributed by atoms with Gasteiger partial charge in [0.15, 0.2) is 0 Å². The molecule has 15 heavy (non-hydrogen) atoms. The summed E-state index contributed by atoms with van der Waals surface area (Å²) < 4.78 is 0. The minimum absolute atomic E-state index is 0.582. The quantitative estimate of drug-likeness (QED) is 0.491. The van der Waals surface area contributed by atoms with E-state index in [1.807, 2.05) is 0 Å². The zero-order chi connectivity index (χ0) is 11.5. The Bertz CT molecular complexity index is 386. The molecule has 0 bridgehead atoms. The Kier molecular flexibility index (Phi) is 3.76. The van der Waals surface area contributed by atoms with Gasteiger partial charge in [-0.05, 0) is 23.6 Å². The Balaban J connectivity index is 2.95. The van der Waals surface area contributed by atoms with Crippen LogP contribution in [0.2, 0.25) is 19.6 Å². The average Bonchev–Trinajstić information content (AvgIpc) is 2.14. The molecule has 0 amide bonds. The lowest BCUT2D eigenvalue weighted by molar-refractivity contribution is 0.866. The van der Waals surface area contributed by atoms with Gasteiger partial charge in [-0.3, -0.25) is 0 Å². The van der Waals surface area contributed by atoms with E-state index in [0.29, 0.717) is 5.92 Å². The van der Waals surface area contributed by atoms with Crippen LogP contribution in [-0.2, 0) is 0 Å². The second kappa shape index (κ2) is 4.68. The number of hydrogen-bond acceptors (Lipinski definition) is 0. The van der Waals surface area contributed by atoms with Gasteiger partial charge in [0.2, 0.25) is 0 Å². The zero-order valence-corrected chi connectivity index (χ0v) is 11.4. The third-order valence-electron chi connectivity index (χ3n) is 2.14. The first kappa shape index (κ1) is 12.1. The van der Waals surface area contributed by atoms with Gasteiger partial charge in [0, 0.05) is 5.56 Å². The smallest absolute Gasteiger partial charge is 0.127 e. The second-order valence-electron chi connectivity index (χ2n) is 5.28. The summed E-state index contributed by atoms with van der Waals surface area (Å²) in [7, 11) is -1.25. The largest absolute Gasteiger partial charge is 0.129 e. The van der Waals surface area contributed by atoms with Crippen LogP contribution in [0.3, 0.4) is 0 Å². The molecule has 0 aliphatic heterocycles. The van der Waals surface area contributed by atoms with Crippen molar-refractivity contribution >= 4 is 8.07 Å². The maximum atomic E-state index is 3.39. The standard InChI is InChI=1S/C14H20Si/c1-12(2)14-8-6-7-13(11-14)9-10-15(3,4)5/h6-8,11-12H,1-5H3. The summed E-state index contributed by atoms with van der Waals surface area (Å²) in [6.07, 6.45) is 0. The lowest BCUT2D eigenvalue weighted by Gasteiger charge is -2.06. The third kappa shape index (κ3) is 4.36. The van der Waals surface area contributed by atoms with Crippen molar-refractivity contribution in [2.24, 2.45) is 0 Å². The van der Waals surface area contributed by atoms with Crippen LogP contribution in [-0.4, -0.2) is 8.07 Å². The van der Waals surface area contributed by atoms with Crippen LogP contribution in [0.25, 0.3) is 0 Å². The number of rotatable bonds is 1. The van der Waals surface area contributed by atoms with Crippen molar-refractivity contribution < 1.29 is 0 Å². The molecule has 0 N–H and O–H groups in total. The predicted octanol–water partition coefficient (Wildman–Crippen LogP) is 4.04. The maximum Gasteiger partial charge on any atom is 0.129 e. The number of hydrogen-bond donors (Lipinski definition) is 0. The van der Waals surface area contributed by atoms with Crippen molar-refractivity contribution in [2.45, 2.75) is 39.4 Å². The highest BCUT2D eigenvalue weighted by molar-refractivity contribution is 6.83. The molecule has 0 heterocycles. The van der Waals surface area contributed by atoms with E-state index in [-0.39, 0.29) is 0 Å². The number of benzene rings is 1. The molecule has 1 rings (SSSR count). The Hall–Kier alpha value is -1.00. The van der Waals surface area contributed by atoms with Crippen LogP contribution in [0.4, 0.5) is 0 Å². The van der Waals surface area contributed by atoms with Crippen LogP contribution < -0.4 is 0 Å². The molecule has 0 fully saturated rings. The van der Waals surface area contributed by atoms with Gasteiger partial charge in [-0.15, -0.1) is 5.54 Å². The minimum atomic E-state index is -1.25. The van der Waals surface area contributed by atoms with Crippen LogP contribution >= 0.6 is 0 Å². The molecule has 0 spiro atoms. The Morgan fingerprint density at radius 2 is 1.80 bits per heavy atom. The first-order valence-electron chi connectivity index (χ1n) is 5.51. The fraction of sp³-hybridized carbons (Fsp3) is 0.429. The molecule has 1 aromatic rings. The van der Waals surface area contributed by atoms with E-state index < -0.39 is 8.07 Å². The topological polar surface area (TPSA) is 0 Å². The molecule has 0 unspecified atom stereocenters. The molecule has 0 saturated carbocycles. The molecule has 0 radical (unpaired) electrons. The molecule has 80 valence electrons. The summed E-state index contributed by atoms with van der Waals surface area (Å²) in [6, 6.07) is 8.57. The average molecular weight is 216 g/mol. The highest BCUT2D eigenvalue weighted by atomic mass is 28.3. The van der Waals surface area contributed by atoms with E-state index in [4.69, 9.17) is 0 Å². The van der Waals surface area contributed by atoms with Gasteiger partial charge in [-0.25, -0.2) is 0 Å². The normalized spacial score (nSPS) is 11.1. The molecular formula is C14H20Si. The molecule has 0 aliphatic carbocycles. The zero-order valence-electron chi connectivity index (χ0n) is 10.4. The lowest BCUT2D eigenvalue weighted by Crippen LogP contribution is -2.16. The Morgan fingerprint density at radius 1 is 1.13 bits per heavy atom. The van der Waals surface area contributed by atoms with Gasteiger partial charge in [-0.1, -0.05) is 51.5 Å². The van der Waals surface area contributed by atoms with Gasteiger partial charge < -0.3 is 0 Å². The van der Waals surface area contributed by atoms with Crippen LogP contribution in [0.15, 0.2) is 24.3 Å². The molecule has 0 atom stereocenters. The highest BCUT2D eigenvalue weighted by Crippen LogP contribution is 2.15. The molecular weight excluding hydrogens is 196 g/mol. The SMILES string of the molecule is CC(C)c1cccc(C#C[Si](C)(C)C)c1. The van der Waals surface area contributed by atoms with Crippen molar-refractivity contribution in [1.82, 2.24) is 0 Å². The molecule has 0 saturated heterocycles. The fourth-order valence-corrected chi connectivity index (χ4v) is 1.75. The summed E-state index contributed by atoms with van der Waals surface area (Å²) in [5, 5.41) is 0. The fourth-order valence-electron chi connectivity index (χ4n) is 1.24. The first-order chi connectivity index (χ1) is 6.88. The second-order valence-corrected chi connectivity index (χ2v) is 10.0.